The molecule has 4 rings (SSSR count). The van der Waals surface area contributed by atoms with Gasteiger partial charge in [-0.3, -0.25) is 0 Å². The van der Waals surface area contributed by atoms with Crippen molar-refractivity contribution in [2.75, 3.05) is 163 Å². The SMILES string of the molecule is C=CCN(CC=C)c1nc(Cl)nc(N(CC=C)CC=C)n1.C=CCN(CC=C)c1nc(F)nc(N(CC=C)CC=C)n1.C=CCN(CC=C)c1nc(I)nc(N(CC=C)CC=C)n1.C=CCN(CC=C)c1nc(N(C)C)nc(N(CC=C)CC=C)n1. The molecule has 0 radical (unpaired) electrons. The Labute approximate surface area is 529 Å². The molecule has 24 heteroatoms. The monoisotopic (exact) mass is 1310 g/mol. The minimum Gasteiger partial charge on any atom is -0.347 e. The van der Waals surface area contributed by atoms with Crippen molar-refractivity contribution in [1.82, 2.24) is 59.8 Å². The summed E-state index contributed by atoms with van der Waals surface area (Å²) >= 11 is 8.11. The van der Waals surface area contributed by atoms with Gasteiger partial charge in [-0.25, -0.2) is 0 Å². The van der Waals surface area contributed by atoms with E-state index >= 15 is 0 Å². The summed E-state index contributed by atoms with van der Waals surface area (Å²) in [6.45, 7) is 69.2. The Hall–Kier alpha value is -8.97. The average molecular weight is 1310 g/mol. The number of hydrogen-bond acceptors (Lipinski definition) is 21. The summed E-state index contributed by atoms with van der Waals surface area (Å²) in [5.74, 6) is 4.48. The minimum atomic E-state index is -0.828. The Morgan fingerprint density at radius 1 is 0.279 bits per heavy atom. The van der Waals surface area contributed by atoms with E-state index in [0.29, 0.717) is 150 Å². The van der Waals surface area contributed by atoms with Crippen LogP contribution in [0.15, 0.2) is 202 Å². The van der Waals surface area contributed by atoms with Gasteiger partial charge in [-0.15, -0.1) is 105 Å². The summed E-state index contributed by atoms with van der Waals surface area (Å²) in [7, 11) is 3.80. The molecule has 0 aromatic carbocycles. The molecule has 0 bridgehead atoms. The highest BCUT2D eigenvalue weighted by Gasteiger charge is 2.19. The number of hydrogen-bond donors (Lipinski definition) is 0. The van der Waals surface area contributed by atoms with Crippen LogP contribution in [0.4, 0.5) is 57.9 Å². The van der Waals surface area contributed by atoms with Crippen molar-refractivity contribution in [2.45, 2.75) is 0 Å². The molecule has 0 fully saturated rings. The summed E-state index contributed by atoms with van der Waals surface area (Å²) in [5.41, 5.74) is 0. The molecule has 0 N–H and O–H groups in total. The molecule has 0 amide bonds. The molecule has 4 aromatic heterocycles. The second-order valence-corrected chi connectivity index (χ2v) is 18.9. The molecule has 0 saturated carbocycles. The van der Waals surface area contributed by atoms with Crippen LogP contribution in [0, 0.1) is 9.91 Å². The van der Waals surface area contributed by atoms with Gasteiger partial charge < -0.3 is 44.1 Å². The Kier molecular flexibility index (Phi) is 38.9. The number of nitrogens with zero attached hydrogens (tertiary/aromatic N) is 21. The fraction of sp³-hybridized carbons (Fsp3) is 0.290. The number of anilines is 9. The molecule has 0 aliphatic carbocycles. The lowest BCUT2D eigenvalue weighted by Gasteiger charge is -2.25. The summed E-state index contributed by atoms with van der Waals surface area (Å²) in [6, 6.07) is 0. The van der Waals surface area contributed by atoms with E-state index in [1.807, 2.05) is 97.0 Å². The van der Waals surface area contributed by atoms with Gasteiger partial charge in [-0.05, 0) is 11.6 Å². The number of rotatable bonds is 41. The van der Waals surface area contributed by atoms with Gasteiger partial charge in [-0.1, -0.05) is 97.2 Å². The van der Waals surface area contributed by atoms with E-state index in [0.717, 1.165) is 0 Å². The van der Waals surface area contributed by atoms with Crippen molar-refractivity contribution in [3.8, 4) is 0 Å². The molecular formula is C62H86ClFIN21. The van der Waals surface area contributed by atoms with E-state index in [2.05, 4.69) is 188 Å². The van der Waals surface area contributed by atoms with Crippen molar-refractivity contribution in [3.63, 3.8) is 0 Å². The number of aromatic nitrogens is 12. The first-order chi connectivity index (χ1) is 41.5. The molecule has 0 atom stereocenters. The molecule has 4 heterocycles. The largest absolute Gasteiger partial charge is 0.347 e. The normalized spacial score (nSPS) is 9.78. The fourth-order valence-corrected chi connectivity index (χ4v) is 7.64. The Morgan fingerprint density at radius 2 is 0.430 bits per heavy atom. The molecule has 0 spiro atoms. The van der Waals surface area contributed by atoms with E-state index < -0.39 is 6.08 Å². The van der Waals surface area contributed by atoms with Crippen LogP contribution in [0.2, 0.25) is 5.28 Å². The number of halogens is 3. The van der Waals surface area contributed by atoms with Crippen molar-refractivity contribution >= 4 is 87.7 Å². The van der Waals surface area contributed by atoms with Gasteiger partial charge in [0.15, 0.2) is 3.83 Å². The van der Waals surface area contributed by atoms with Gasteiger partial charge in [0.2, 0.25) is 58.8 Å². The lowest BCUT2D eigenvalue weighted by molar-refractivity contribution is 0.529. The van der Waals surface area contributed by atoms with Crippen molar-refractivity contribution in [2.24, 2.45) is 0 Å². The van der Waals surface area contributed by atoms with Crippen molar-refractivity contribution < 1.29 is 4.39 Å². The average Bonchev–Trinajstić information content (AvgIpc) is 3.23. The van der Waals surface area contributed by atoms with Gasteiger partial charge in [0.1, 0.15) is 0 Å². The molecule has 4 aromatic rings. The predicted octanol–water partition coefficient (Wildman–Crippen LogP) is 10.4. The first-order valence-corrected chi connectivity index (χ1v) is 28.4. The maximum Gasteiger partial charge on any atom is 0.315 e. The highest BCUT2D eigenvalue weighted by Crippen LogP contribution is 2.21. The third-order valence-corrected chi connectivity index (χ3v) is 11.3. The first-order valence-electron chi connectivity index (χ1n) is 27.0. The lowest BCUT2D eigenvalue weighted by atomic mass is 10.4. The third kappa shape index (κ3) is 27.2. The smallest absolute Gasteiger partial charge is 0.315 e. The van der Waals surface area contributed by atoms with Crippen molar-refractivity contribution in [3.05, 3.63) is 218 Å². The lowest BCUT2D eigenvalue weighted by Crippen LogP contribution is -2.30. The minimum absolute atomic E-state index is 0.145. The van der Waals surface area contributed by atoms with Crippen LogP contribution in [0.1, 0.15) is 0 Å². The van der Waals surface area contributed by atoms with Crippen molar-refractivity contribution in [1.29, 1.82) is 0 Å². The van der Waals surface area contributed by atoms with Crippen LogP contribution in [0.25, 0.3) is 0 Å². The fourth-order valence-electron chi connectivity index (χ4n) is 7.06. The molecule has 0 aliphatic heterocycles. The molecule has 0 unspecified atom stereocenters. The summed E-state index contributed by atoms with van der Waals surface area (Å²) in [6.07, 6.45) is 27.5. The molecule has 460 valence electrons. The Bertz CT molecular complexity index is 2390. The predicted molar refractivity (Wildman–Crippen MR) is 372 cm³/mol. The third-order valence-electron chi connectivity index (χ3n) is 10.6. The zero-order valence-electron chi connectivity index (χ0n) is 50.4. The van der Waals surface area contributed by atoms with Crippen LogP contribution < -0.4 is 44.1 Å². The standard InChI is InChI=1S/C17H26N6.C15H20ClN5.C15H20FN5.C15H20IN5/c1-7-11-22(12-8-2)16-18-15(21(5)6)19-17(20-16)23(13-9-3)14-10-4;3*1-5-9-20(10-6-2)14-17-13(16)18-15(19-14)21(11-7-3)12-8-4/h7-10H,1-4,11-14H2,5-6H3;3*5-8H,1-4,9-12H2. The van der Waals surface area contributed by atoms with E-state index in [-0.39, 0.29) is 17.2 Å². The molecular weight excluding hydrogens is 1220 g/mol. The molecule has 0 aliphatic rings. The van der Waals surface area contributed by atoms with E-state index in [9.17, 15) is 4.39 Å². The van der Waals surface area contributed by atoms with E-state index in [1.165, 1.54) is 0 Å². The van der Waals surface area contributed by atoms with Crippen LogP contribution in [-0.2, 0) is 0 Å². The summed E-state index contributed by atoms with van der Waals surface area (Å²) < 4.78 is 14.3. The molecule has 86 heavy (non-hydrogen) atoms. The van der Waals surface area contributed by atoms with Gasteiger partial charge in [0, 0.05) is 141 Å². The second-order valence-electron chi connectivity index (χ2n) is 17.6. The van der Waals surface area contributed by atoms with Crippen LogP contribution in [0.5, 0.6) is 0 Å². The van der Waals surface area contributed by atoms with Gasteiger partial charge in [0.05, 0.1) is 0 Å². The van der Waals surface area contributed by atoms with Crippen LogP contribution in [-0.4, -0.2) is 179 Å². The maximum absolute atomic E-state index is 13.7. The zero-order chi connectivity index (χ0) is 64.2. The van der Waals surface area contributed by atoms with Crippen LogP contribution in [0.3, 0.4) is 0 Å². The zero-order valence-corrected chi connectivity index (χ0v) is 53.3. The quantitative estimate of drug-likeness (QED) is 0.0302. The maximum atomic E-state index is 13.7. The first kappa shape index (κ1) is 75.0. The van der Waals surface area contributed by atoms with E-state index in [1.54, 1.807) is 58.4 Å². The molecule has 21 nitrogen and oxygen atoms in total. The summed E-state index contributed by atoms with van der Waals surface area (Å²) in [5, 5.41) is 0.145. The Morgan fingerprint density at radius 3 is 0.605 bits per heavy atom. The van der Waals surface area contributed by atoms with E-state index in [4.69, 9.17) is 11.6 Å². The van der Waals surface area contributed by atoms with Gasteiger partial charge >= 0.3 is 6.08 Å². The second kappa shape index (κ2) is 44.5. The van der Waals surface area contributed by atoms with Crippen LogP contribution >= 0.6 is 34.2 Å². The Balaban J connectivity index is 0.000000574. The highest BCUT2D eigenvalue weighted by atomic mass is 127. The molecule has 0 saturated heterocycles. The van der Waals surface area contributed by atoms with Gasteiger partial charge in [-0.2, -0.15) is 64.2 Å². The summed E-state index contributed by atoms with van der Waals surface area (Å²) in [4.78, 5) is 68.6. The topological polar surface area (TPSA) is 184 Å². The van der Waals surface area contributed by atoms with Gasteiger partial charge in [0.25, 0.3) is 0 Å². The highest BCUT2D eigenvalue weighted by molar-refractivity contribution is 14.1.